The van der Waals surface area contributed by atoms with E-state index >= 15 is 0 Å². The summed E-state index contributed by atoms with van der Waals surface area (Å²) < 4.78 is 10.1. The maximum absolute atomic E-state index is 12.1. The van der Waals surface area contributed by atoms with E-state index in [1.54, 1.807) is 44.2 Å². The van der Waals surface area contributed by atoms with E-state index in [1.807, 2.05) is 0 Å². The van der Waals surface area contributed by atoms with E-state index in [4.69, 9.17) is 21.1 Å². The number of ether oxygens (including phenoxy) is 2. The molecule has 0 radical (unpaired) electrons. The zero-order chi connectivity index (χ0) is 19.1. The second-order valence-corrected chi connectivity index (χ2v) is 5.87. The van der Waals surface area contributed by atoms with Crippen molar-refractivity contribution in [1.29, 1.82) is 0 Å². The van der Waals surface area contributed by atoms with Crippen molar-refractivity contribution < 1.29 is 23.9 Å². The summed E-state index contributed by atoms with van der Waals surface area (Å²) in [4.78, 5) is 35.6. The molecule has 138 valence electrons. The van der Waals surface area contributed by atoms with Crippen molar-refractivity contribution in [3.63, 3.8) is 0 Å². The lowest BCUT2D eigenvalue weighted by Gasteiger charge is -2.26. The number of esters is 2. The monoisotopic (exact) mass is 378 g/mol. The van der Waals surface area contributed by atoms with Gasteiger partial charge in [0.05, 0.1) is 23.9 Å². The maximum Gasteiger partial charge on any atom is 0.338 e. The van der Waals surface area contributed by atoms with Crippen molar-refractivity contribution in [3.05, 3.63) is 52.2 Å². The molecule has 1 heterocycles. The second-order valence-electron chi connectivity index (χ2n) is 5.43. The number of urea groups is 1. The van der Waals surface area contributed by atoms with Crippen LogP contribution in [0.15, 0.2) is 41.6 Å². The Morgan fingerprint density at radius 1 is 1.31 bits per heavy atom. The van der Waals surface area contributed by atoms with Crippen molar-refractivity contribution in [3.8, 4) is 0 Å². The van der Waals surface area contributed by atoms with Gasteiger partial charge in [0.25, 0.3) is 0 Å². The van der Waals surface area contributed by atoms with Gasteiger partial charge < -0.3 is 20.1 Å². The Morgan fingerprint density at radius 2 is 2.08 bits per heavy atom. The van der Waals surface area contributed by atoms with E-state index in [2.05, 4.69) is 10.6 Å². The highest BCUT2D eigenvalue weighted by atomic mass is 35.5. The number of nitrogens with one attached hydrogen (secondary N) is 2. The van der Waals surface area contributed by atoms with Gasteiger partial charge in [0.2, 0.25) is 0 Å². The van der Waals surface area contributed by atoms with Gasteiger partial charge in [-0.1, -0.05) is 23.7 Å². The molecule has 1 aromatic carbocycles. The molecule has 2 N–H and O–H groups in total. The summed E-state index contributed by atoms with van der Waals surface area (Å²) in [5.41, 5.74) is 1.16. The topological polar surface area (TPSA) is 93.7 Å². The normalized spacial score (nSPS) is 16.9. The van der Waals surface area contributed by atoms with Crippen molar-refractivity contribution in [1.82, 2.24) is 10.6 Å². The zero-order valence-corrected chi connectivity index (χ0v) is 15.1. The Hall–Kier alpha value is -2.80. The predicted molar refractivity (Wildman–Crippen MR) is 96.2 cm³/mol. The lowest BCUT2D eigenvalue weighted by molar-refractivity contribution is -0.140. The fourth-order valence-electron chi connectivity index (χ4n) is 2.36. The standard InChI is InChI=1S/C18H19ClN2O5/c1-3-25-17(23)16-11(2)20-18(24)21-14(16)10-26-15(22)8-7-12-5-4-6-13(19)9-12/h4-9,11H,3,10H2,1-2H3,(H2,20,21,24)/b8-7+/t11-/m0/s1. The van der Waals surface area contributed by atoms with Gasteiger partial charge in [-0.25, -0.2) is 14.4 Å². The quantitative estimate of drug-likeness (QED) is 0.585. The second kappa shape index (κ2) is 9.05. The average molecular weight is 379 g/mol. The molecule has 26 heavy (non-hydrogen) atoms. The van der Waals surface area contributed by atoms with Crippen LogP contribution in [0.3, 0.4) is 0 Å². The van der Waals surface area contributed by atoms with Crippen molar-refractivity contribution in [2.24, 2.45) is 0 Å². The first kappa shape index (κ1) is 19.5. The Bertz CT molecular complexity index is 773. The van der Waals surface area contributed by atoms with E-state index in [9.17, 15) is 14.4 Å². The van der Waals surface area contributed by atoms with Gasteiger partial charge in [0, 0.05) is 11.1 Å². The minimum atomic E-state index is -0.624. The summed E-state index contributed by atoms with van der Waals surface area (Å²) in [5.74, 6) is -1.20. The molecule has 0 bridgehead atoms. The number of rotatable bonds is 6. The summed E-state index contributed by atoms with van der Waals surface area (Å²) in [6.07, 6.45) is 2.79. The minimum absolute atomic E-state index is 0.193. The van der Waals surface area contributed by atoms with E-state index in [0.717, 1.165) is 5.56 Å². The van der Waals surface area contributed by atoms with Crippen LogP contribution in [0.5, 0.6) is 0 Å². The number of hydrogen-bond acceptors (Lipinski definition) is 5. The molecule has 1 atom stereocenters. The molecule has 1 aromatic rings. The van der Waals surface area contributed by atoms with Crippen LogP contribution in [-0.4, -0.2) is 37.2 Å². The first-order chi connectivity index (χ1) is 12.4. The highest BCUT2D eigenvalue weighted by Gasteiger charge is 2.30. The van der Waals surface area contributed by atoms with Gasteiger partial charge in [0.15, 0.2) is 0 Å². The Kier molecular flexibility index (Phi) is 6.80. The largest absolute Gasteiger partial charge is 0.463 e. The van der Waals surface area contributed by atoms with Crippen LogP contribution < -0.4 is 10.6 Å². The van der Waals surface area contributed by atoms with Crippen LogP contribution >= 0.6 is 11.6 Å². The highest BCUT2D eigenvalue weighted by Crippen LogP contribution is 2.15. The molecule has 7 nitrogen and oxygen atoms in total. The molecular formula is C18H19ClN2O5. The van der Waals surface area contributed by atoms with Crippen LogP contribution in [0.25, 0.3) is 6.08 Å². The smallest absolute Gasteiger partial charge is 0.338 e. The van der Waals surface area contributed by atoms with Crippen molar-refractivity contribution >= 4 is 35.6 Å². The van der Waals surface area contributed by atoms with E-state index in [0.29, 0.717) is 5.02 Å². The minimum Gasteiger partial charge on any atom is -0.463 e. The number of carbonyl (C=O) groups is 3. The molecular weight excluding hydrogens is 360 g/mol. The number of benzene rings is 1. The summed E-state index contributed by atoms with van der Waals surface area (Å²) in [7, 11) is 0. The predicted octanol–water partition coefficient (Wildman–Crippen LogP) is 2.41. The van der Waals surface area contributed by atoms with Gasteiger partial charge in [-0.2, -0.15) is 0 Å². The van der Waals surface area contributed by atoms with Crippen molar-refractivity contribution in [2.45, 2.75) is 19.9 Å². The Morgan fingerprint density at radius 3 is 2.77 bits per heavy atom. The molecule has 1 aliphatic rings. The SMILES string of the molecule is CCOC(=O)C1=C(COC(=O)/C=C/c2cccc(Cl)c2)NC(=O)N[C@H]1C. The van der Waals surface area contributed by atoms with Crippen LogP contribution in [-0.2, 0) is 19.1 Å². The number of carbonyl (C=O) groups excluding carboxylic acids is 3. The molecule has 0 saturated heterocycles. The fraction of sp³-hybridized carbons (Fsp3) is 0.278. The third-order valence-corrected chi connectivity index (χ3v) is 3.72. The molecule has 0 saturated carbocycles. The molecule has 0 fully saturated rings. The molecule has 2 rings (SSSR count). The van der Waals surface area contributed by atoms with Crippen LogP contribution in [0.2, 0.25) is 5.02 Å². The molecule has 0 unspecified atom stereocenters. The Labute approximate surface area is 156 Å². The van der Waals surface area contributed by atoms with E-state index in [1.165, 1.54) is 6.08 Å². The molecule has 8 heteroatoms. The summed E-state index contributed by atoms with van der Waals surface area (Å²) in [6, 6.07) is 5.93. The van der Waals surface area contributed by atoms with Crippen LogP contribution in [0, 0.1) is 0 Å². The molecule has 0 aliphatic carbocycles. The zero-order valence-electron chi connectivity index (χ0n) is 14.4. The molecule has 0 spiro atoms. The third-order valence-electron chi connectivity index (χ3n) is 3.48. The van der Waals surface area contributed by atoms with Crippen LogP contribution in [0.1, 0.15) is 19.4 Å². The van der Waals surface area contributed by atoms with Crippen molar-refractivity contribution in [2.75, 3.05) is 13.2 Å². The van der Waals surface area contributed by atoms with Gasteiger partial charge in [-0.3, -0.25) is 0 Å². The summed E-state index contributed by atoms with van der Waals surface area (Å²) in [5, 5.41) is 5.60. The molecule has 1 aliphatic heterocycles. The number of halogens is 1. The van der Waals surface area contributed by atoms with E-state index in [-0.39, 0.29) is 24.5 Å². The van der Waals surface area contributed by atoms with Gasteiger partial charge in [-0.05, 0) is 37.6 Å². The first-order valence-corrected chi connectivity index (χ1v) is 8.36. The molecule has 0 aromatic heterocycles. The van der Waals surface area contributed by atoms with Gasteiger partial charge >= 0.3 is 18.0 Å². The molecule has 2 amide bonds. The lowest BCUT2D eigenvalue weighted by atomic mass is 10.0. The highest BCUT2D eigenvalue weighted by molar-refractivity contribution is 6.30. The van der Waals surface area contributed by atoms with E-state index < -0.39 is 24.0 Å². The number of hydrogen-bond donors (Lipinski definition) is 2. The lowest BCUT2D eigenvalue weighted by Crippen LogP contribution is -2.50. The Balaban J connectivity index is 2.06. The fourth-order valence-corrected chi connectivity index (χ4v) is 2.56. The van der Waals surface area contributed by atoms with Gasteiger partial charge in [0.1, 0.15) is 6.61 Å². The first-order valence-electron chi connectivity index (χ1n) is 7.98. The van der Waals surface area contributed by atoms with Crippen LogP contribution in [0.4, 0.5) is 4.79 Å². The number of amides is 2. The third kappa shape index (κ3) is 5.35. The van der Waals surface area contributed by atoms with Gasteiger partial charge in [-0.15, -0.1) is 0 Å². The summed E-state index contributed by atoms with van der Waals surface area (Å²) >= 11 is 5.88. The summed E-state index contributed by atoms with van der Waals surface area (Å²) in [6.45, 7) is 3.26. The average Bonchev–Trinajstić information content (AvgIpc) is 2.57. The maximum atomic E-state index is 12.1.